The van der Waals surface area contributed by atoms with Crippen molar-refractivity contribution in [2.75, 3.05) is 13.2 Å². The summed E-state index contributed by atoms with van der Waals surface area (Å²) in [5.74, 6) is 1.55. The van der Waals surface area contributed by atoms with Crippen LogP contribution in [-0.4, -0.2) is 18.3 Å². The third-order valence-corrected chi connectivity index (χ3v) is 3.40. The van der Waals surface area contributed by atoms with Crippen LogP contribution in [0, 0.1) is 6.92 Å². The fraction of sp³-hybridized carbons (Fsp3) is 0.250. The highest BCUT2D eigenvalue weighted by molar-refractivity contribution is 9.10. The van der Waals surface area contributed by atoms with Crippen LogP contribution in [0.4, 0.5) is 0 Å². The number of aryl methyl sites for hydroxylation is 1. The van der Waals surface area contributed by atoms with E-state index in [1.807, 2.05) is 49.4 Å². The Morgan fingerprint density at radius 2 is 1.70 bits per heavy atom. The van der Waals surface area contributed by atoms with Crippen LogP contribution in [0.15, 0.2) is 46.9 Å². The smallest absolute Gasteiger partial charge is 0.127 e. The fourth-order valence-corrected chi connectivity index (χ4v) is 2.14. The lowest BCUT2D eigenvalue weighted by Gasteiger charge is -2.13. The molecule has 0 atom stereocenters. The zero-order valence-electron chi connectivity index (χ0n) is 11.3. The number of para-hydroxylation sites is 1. The molecular weight excluding hydrogens is 320 g/mol. The topological polar surface area (TPSA) is 38.7 Å². The molecule has 0 heterocycles. The molecule has 0 unspecified atom stereocenters. The van der Waals surface area contributed by atoms with Crippen molar-refractivity contribution < 1.29 is 14.6 Å². The molecular formula is C16H17BrO3. The van der Waals surface area contributed by atoms with E-state index in [0.717, 1.165) is 27.1 Å². The molecule has 2 aromatic rings. The van der Waals surface area contributed by atoms with Crippen LogP contribution < -0.4 is 9.47 Å². The summed E-state index contributed by atoms with van der Waals surface area (Å²) >= 11 is 3.38. The molecule has 0 saturated carbocycles. The average molecular weight is 337 g/mol. The van der Waals surface area contributed by atoms with E-state index in [2.05, 4.69) is 15.9 Å². The first-order chi connectivity index (χ1) is 9.70. The number of rotatable bonds is 6. The lowest BCUT2D eigenvalue weighted by molar-refractivity contribution is 0.209. The third-order valence-electron chi connectivity index (χ3n) is 2.88. The first-order valence-corrected chi connectivity index (χ1v) is 7.20. The quantitative estimate of drug-likeness (QED) is 0.817. The molecule has 1 N–H and O–H groups in total. The maximum Gasteiger partial charge on any atom is 0.127 e. The van der Waals surface area contributed by atoms with E-state index < -0.39 is 0 Å². The number of hydrogen-bond acceptors (Lipinski definition) is 3. The van der Waals surface area contributed by atoms with Crippen molar-refractivity contribution in [3.63, 3.8) is 0 Å². The highest BCUT2D eigenvalue weighted by atomic mass is 79.9. The summed E-state index contributed by atoms with van der Waals surface area (Å²) in [6.07, 6.45) is 0. The molecule has 3 nitrogen and oxygen atoms in total. The van der Waals surface area contributed by atoms with Gasteiger partial charge in [-0.15, -0.1) is 0 Å². The van der Waals surface area contributed by atoms with Gasteiger partial charge < -0.3 is 14.6 Å². The first-order valence-electron chi connectivity index (χ1n) is 6.41. The molecule has 106 valence electrons. The monoisotopic (exact) mass is 336 g/mol. The molecule has 2 rings (SSSR count). The fourth-order valence-electron chi connectivity index (χ4n) is 1.88. The molecule has 0 aliphatic heterocycles. The van der Waals surface area contributed by atoms with Crippen molar-refractivity contribution in [1.82, 2.24) is 0 Å². The Morgan fingerprint density at radius 1 is 1.00 bits per heavy atom. The van der Waals surface area contributed by atoms with E-state index in [9.17, 15) is 5.11 Å². The van der Waals surface area contributed by atoms with Gasteiger partial charge in [-0.2, -0.15) is 0 Å². The summed E-state index contributed by atoms with van der Waals surface area (Å²) in [5, 5.41) is 9.29. The molecule has 4 heteroatoms. The maximum absolute atomic E-state index is 9.29. The molecule has 0 saturated heterocycles. The Labute approximate surface area is 127 Å². The van der Waals surface area contributed by atoms with Crippen LogP contribution in [0.5, 0.6) is 11.5 Å². The first kappa shape index (κ1) is 14.9. The van der Waals surface area contributed by atoms with E-state index in [4.69, 9.17) is 9.47 Å². The van der Waals surface area contributed by atoms with Gasteiger partial charge in [0.05, 0.1) is 6.61 Å². The third kappa shape index (κ3) is 3.99. The van der Waals surface area contributed by atoms with E-state index in [1.54, 1.807) is 0 Å². The number of aliphatic hydroxyl groups is 1. The van der Waals surface area contributed by atoms with Crippen molar-refractivity contribution in [3.8, 4) is 11.5 Å². The van der Waals surface area contributed by atoms with E-state index in [0.29, 0.717) is 13.2 Å². The standard InChI is InChI=1S/C16H17BrO3/c1-12-3-2-4-13(11-18)16(12)20-10-9-19-15-7-5-14(17)6-8-15/h2-8,18H,9-11H2,1H3. The zero-order chi connectivity index (χ0) is 14.4. The molecule has 0 fully saturated rings. The van der Waals surface area contributed by atoms with Crippen molar-refractivity contribution >= 4 is 15.9 Å². The number of ether oxygens (including phenoxy) is 2. The van der Waals surface area contributed by atoms with E-state index in [-0.39, 0.29) is 6.61 Å². The van der Waals surface area contributed by atoms with Gasteiger partial charge in [-0.1, -0.05) is 34.1 Å². The summed E-state index contributed by atoms with van der Waals surface area (Å²) in [6.45, 7) is 2.84. The van der Waals surface area contributed by atoms with Gasteiger partial charge >= 0.3 is 0 Å². The molecule has 0 spiro atoms. The highest BCUT2D eigenvalue weighted by Gasteiger charge is 2.05. The Kier molecular flexibility index (Phi) is 5.44. The molecule has 0 aromatic heterocycles. The summed E-state index contributed by atoms with van der Waals surface area (Å²) < 4.78 is 12.3. The maximum atomic E-state index is 9.29. The Morgan fingerprint density at radius 3 is 2.40 bits per heavy atom. The Bertz CT molecular complexity index is 552. The summed E-state index contributed by atoms with van der Waals surface area (Å²) in [7, 11) is 0. The zero-order valence-corrected chi connectivity index (χ0v) is 12.9. The number of halogens is 1. The largest absolute Gasteiger partial charge is 0.490 e. The second kappa shape index (κ2) is 7.31. The van der Waals surface area contributed by atoms with E-state index in [1.165, 1.54) is 0 Å². The van der Waals surface area contributed by atoms with Crippen molar-refractivity contribution in [3.05, 3.63) is 58.1 Å². The minimum Gasteiger partial charge on any atom is -0.490 e. The van der Waals surface area contributed by atoms with Crippen molar-refractivity contribution in [2.24, 2.45) is 0 Å². The van der Waals surface area contributed by atoms with Gasteiger partial charge in [-0.25, -0.2) is 0 Å². The number of aliphatic hydroxyl groups excluding tert-OH is 1. The van der Waals surface area contributed by atoms with Gasteiger partial charge in [0.1, 0.15) is 24.7 Å². The predicted molar refractivity (Wildman–Crippen MR) is 82.2 cm³/mol. The van der Waals surface area contributed by atoms with Crippen LogP contribution in [0.3, 0.4) is 0 Å². The van der Waals surface area contributed by atoms with Crippen LogP contribution in [-0.2, 0) is 6.61 Å². The number of benzene rings is 2. The van der Waals surface area contributed by atoms with Gasteiger partial charge in [-0.05, 0) is 36.8 Å². The molecule has 2 aromatic carbocycles. The van der Waals surface area contributed by atoms with E-state index >= 15 is 0 Å². The Hall–Kier alpha value is -1.52. The number of hydrogen-bond donors (Lipinski definition) is 1. The summed E-state index contributed by atoms with van der Waals surface area (Å²) in [6, 6.07) is 13.4. The van der Waals surface area contributed by atoms with Gasteiger partial charge in [0.15, 0.2) is 0 Å². The molecule has 0 bridgehead atoms. The van der Waals surface area contributed by atoms with Gasteiger partial charge in [0.2, 0.25) is 0 Å². The molecule has 0 amide bonds. The van der Waals surface area contributed by atoms with Crippen LogP contribution in [0.25, 0.3) is 0 Å². The predicted octanol–water partition coefficient (Wildman–Crippen LogP) is 3.71. The van der Waals surface area contributed by atoms with Crippen LogP contribution >= 0.6 is 15.9 Å². The average Bonchev–Trinajstić information content (AvgIpc) is 2.46. The molecule has 0 radical (unpaired) electrons. The normalized spacial score (nSPS) is 10.3. The van der Waals surface area contributed by atoms with Crippen LogP contribution in [0.1, 0.15) is 11.1 Å². The van der Waals surface area contributed by atoms with Gasteiger partial charge in [-0.3, -0.25) is 0 Å². The minimum atomic E-state index is -0.0232. The molecule has 0 aliphatic carbocycles. The van der Waals surface area contributed by atoms with Gasteiger partial charge in [0, 0.05) is 10.0 Å². The lowest BCUT2D eigenvalue weighted by atomic mass is 10.1. The minimum absolute atomic E-state index is 0.0232. The lowest BCUT2D eigenvalue weighted by Crippen LogP contribution is -2.10. The summed E-state index contributed by atoms with van der Waals surface area (Å²) in [4.78, 5) is 0. The highest BCUT2D eigenvalue weighted by Crippen LogP contribution is 2.23. The second-order valence-corrected chi connectivity index (χ2v) is 5.29. The van der Waals surface area contributed by atoms with Crippen LogP contribution in [0.2, 0.25) is 0 Å². The second-order valence-electron chi connectivity index (χ2n) is 4.37. The Balaban J connectivity index is 1.86. The summed E-state index contributed by atoms with van der Waals surface area (Å²) in [5.41, 5.74) is 1.81. The molecule has 0 aliphatic rings. The molecule has 20 heavy (non-hydrogen) atoms. The van der Waals surface area contributed by atoms with Gasteiger partial charge in [0.25, 0.3) is 0 Å². The van der Waals surface area contributed by atoms with Crippen molar-refractivity contribution in [2.45, 2.75) is 13.5 Å². The SMILES string of the molecule is Cc1cccc(CO)c1OCCOc1ccc(Br)cc1. The van der Waals surface area contributed by atoms with Crippen molar-refractivity contribution in [1.29, 1.82) is 0 Å².